The van der Waals surface area contributed by atoms with Crippen molar-refractivity contribution in [3.05, 3.63) is 61.0 Å². The van der Waals surface area contributed by atoms with Crippen molar-refractivity contribution in [3.63, 3.8) is 0 Å². The third-order valence-electron chi connectivity index (χ3n) is 3.71. The first-order valence-electron chi connectivity index (χ1n) is 8.42. The smallest absolute Gasteiger partial charge is 0.358 e. The van der Waals surface area contributed by atoms with Crippen LogP contribution < -0.4 is 9.47 Å². The average Bonchev–Trinajstić information content (AvgIpc) is 2.69. The highest BCUT2D eigenvalue weighted by atomic mass is 79.9. The van der Waals surface area contributed by atoms with Crippen molar-refractivity contribution in [2.45, 2.75) is 13.5 Å². The Kier molecular flexibility index (Phi) is 9.19. The molecule has 0 radical (unpaired) electrons. The van der Waals surface area contributed by atoms with E-state index >= 15 is 0 Å². The summed E-state index contributed by atoms with van der Waals surface area (Å²) in [5, 5.41) is 13.3. The van der Waals surface area contributed by atoms with Crippen LogP contribution in [0, 0.1) is 0 Å². The molecule has 2 aromatic carbocycles. The zero-order valence-corrected chi connectivity index (χ0v) is 20.4. The summed E-state index contributed by atoms with van der Waals surface area (Å²) in [6, 6.07) is 10.6. The number of hydrogen-bond donors (Lipinski definition) is 1. The molecular formula is C20H18Br3NO5. The first-order chi connectivity index (χ1) is 13.9. The van der Waals surface area contributed by atoms with E-state index in [1.807, 2.05) is 12.1 Å². The number of ether oxygens (including phenoxy) is 2. The van der Waals surface area contributed by atoms with E-state index in [1.165, 1.54) is 0 Å². The summed E-state index contributed by atoms with van der Waals surface area (Å²) >= 11 is 10.2. The van der Waals surface area contributed by atoms with Gasteiger partial charge in [-0.25, -0.2) is 4.79 Å². The van der Waals surface area contributed by atoms with Crippen molar-refractivity contribution >= 4 is 65.5 Å². The molecule has 9 heteroatoms. The van der Waals surface area contributed by atoms with Gasteiger partial charge in [0.1, 0.15) is 13.2 Å². The molecule has 29 heavy (non-hydrogen) atoms. The van der Waals surface area contributed by atoms with Gasteiger partial charge in [0.2, 0.25) is 0 Å². The molecule has 0 spiro atoms. The minimum atomic E-state index is -1.18. The molecule has 0 bridgehead atoms. The van der Waals surface area contributed by atoms with Crippen molar-refractivity contribution < 1.29 is 24.2 Å². The van der Waals surface area contributed by atoms with E-state index in [4.69, 9.17) is 14.3 Å². The Morgan fingerprint density at radius 2 is 1.93 bits per heavy atom. The van der Waals surface area contributed by atoms with Gasteiger partial charge in [-0.05, 0) is 84.0 Å². The Labute approximate surface area is 193 Å². The third kappa shape index (κ3) is 6.32. The minimum absolute atomic E-state index is 0.103. The van der Waals surface area contributed by atoms with Gasteiger partial charge in [-0.1, -0.05) is 29.4 Å². The number of carbonyl (C=O) groups is 1. The third-order valence-corrected chi connectivity index (χ3v) is 4.98. The van der Waals surface area contributed by atoms with Crippen molar-refractivity contribution in [1.82, 2.24) is 0 Å². The molecule has 0 saturated carbocycles. The number of methoxy groups -OCH3 is 1. The van der Waals surface area contributed by atoms with E-state index in [-0.39, 0.29) is 18.9 Å². The number of oxime groups is 1. The zero-order chi connectivity index (χ0) is 21.4. The first kappa shape index (κ1) is 23.4. The fourth-order valence-corrected chi connectivity index (χ4v) is 3.49. The second-order valence-corrected chi connectivity index (χ2v) is 9.11. The number of hydrogen-bond acceptors (Lipinski definition) is 5. The van der Waals surface area contributed by atoms with Crippen molar-refractivity contribution in [3.8, 4) is 11.5 Å². The van der Waals surface area contributed by atoms with Crippen LogP contribution in [0.3, 0.4) is 0 Å². The highest BCUT2D eigenvalue weighted by Gasteiger charge is 2.19. The van der Waals surface area contributed by atoms with Crippen LogP contribution in [0.1, 0.15) is 23.6 Å². The number of aliphatic carboxylic acids is 1. The van der Waals surface area contributed by atoms with Crippen LogP contribution in [0.4, 0.5) is 0 Å². The van der Waals surface area contributed by atoms with E-state index in [2.05, 4.69) is 52.9 Å². The Hall–Kier alpha value is -1.84. The van der Waals surface area contributed by atoms with Gasteiger partial charge in [-0.2, -0.15) is 0 Å². The predicted molar refractivity (Wildman–Crippen MR) is 123 cm³/mol. The number of rotatable bonds is 9. The molecule has 0 unspecified atom stereocenters. The maximum absolute atomic E-state index is 11.6. The largest absolute Gasteiger partial charge is 0.493 e. The molecule has 0 saturated heterocycles. The molecular weight excluding hydrogens is 574 g/mol. The standard InChI is InChI=1S/C20H18Br3NO5/c1-3-29-24-18(20(25)26)14-7-5-4-6-13(14)11-28-19-15(27-2)9-8-12(17(19)23)10-16(21)22/h4-10H,3,11H2,1-2H3,(H,25,26). The highest BCUT2D eigenvalue weighted by Crippen LogP contribution is 2.40. The Morgan fingerprint density at radius 3 is 2.55 bits per heavy atom. The number of halogens is 3. The van der Waals surface area contributed by atoms with Crippen LogP contribution in [0.5, 0.6) is 11.5 Å². The molecule has 2 rings (SSSR count). The van der Waals surface area contributed by atoms with Gasteiger partial charge in [0.15, 0.2) is 17.2 Å². The summed E-state index contributed by atoms with van der Waals surface area (Å²) in [5.74, 6) is -0.145. The summed E-state index contributed by atoms with van der Waals surface area (Å²) in [6.45, 7) is 2.10. The summed E-state index contributed by atoms with van der Waals surface area (Å²) in [7, 11) is 1.55. The molecule has 0 aliphatic heterocycles. The Balaban J connectivity index is 2.40. The molecule has 1 N–H and O–H groups in total. The molecule has 0 aromatic heterocycles. The Bertz CT molecular complexity index is 940. The average molecular weight is 592 g/mol. The second-order valence-electron chi connectivity index (χ2n) is 5.54. The quantitative estimate of drug-likeness (QED) is 0.288. The topological polar surface area (TPSA) is 77.4 Å². The van der Waals surface area contributed by atoms with Crippen LogP contribution in [0.2, 0.25) is 0 Å². The van der Waals surface area contributed by atoms with Gasteiger partial charge in [-0.3, -0.25) is 0 Å². The Morgan fingerprint density at radius 1 is 1.21 bits per heavy atom. The maximum atomic E-state index is 11.6. The highest BCUT2D eigenvalue weighted by molar-refractivity contribution is 9.28. The molecule has 0 fully saturated rings. The molecule has 154 valence electrons. The second kappa shape index (κ2) is 11.4. The van der Waals surface area contributed by atoms with Crippen LogP contribution in [0.15, 0.2) is 49.4 Å². The molecule has 6 nitrogen and oxygen atoms in total. The lowest BCUT2D eigenvalue weighted by atomic mass is 10.0. The van der Waals surface area contributed by atoms with Crippen molar-refractivity contribution in [2.24, 2.45) is 5.16 Å². The van der Waals surface area contributed by atoms with Crippen LogP contribution in [-0.2, 0) is 16.2 Å². The molecule has 0 aliphatic carbocycles. The minimum Gasteiger partial charge on any atom is -0.493 e. The molecule has 0 amide bonds. The SMILES string of the molecule is CCON=C(C(=O)O)c1ccccc1COc1c(OC)ccc(C=C(Br)Br)c1Br. The van der Waals surface area contributed by atoms with Crippen molar-refractivity contribution in [2.75, 3.05) is 13.7 Å². The summed E-state index contributed by atoms with van der Waals surface area (Å²) in [4.78, 5) is 16.6. The summed E-state index contributed by atoms with van der Waals surface area (Å²) in [5.41, 5.74) is 1.74. The van der Waals surface area contributed by atoms with Gasteiger partial charge in [0.25, 0.3) is 0 Å². The van der Waals surface area contributed by atoms with Gasteiger partial charge in [0, 0.05) is 5.56 Å². The maximum Gasteiger partial charge on any atom is 0.358 e. The van der Waals surface area contributed by atoms with E-state index in [1.54, 1.807) is 44.4 Å². The lowest BCUT2D eigenvalue weighted by Crippen LogP contribution is -2.18. The number of nitrogens with zero attached hydrogens (tertiary/aromatic N) is 1. The van der Waals surface area contributed by atoms with Gasteiger partial charge in [0.05, 0.1) is 15.0 Å². The normalized spacial score (nSPS) is 11.0. The fraction of sp³-hybridized carbons (Fsp3) is 0.200. The van der Waals surface area contributed by atoms with Gasteiger partial charge in [-0.15, -0.1) is 0 Å². The van der Waals surface area contributed by atoms with E-state index in [0.717, 1.165) is 8.96 Å². The molecule has 0 aliphatic rings. The van der Waals surface area contributed by atoms with E-state index < -0.39 is 5.97 Å². The molecule has 0 atom stereocenters. The number of benzene rings is 2. The monoisotopic (exact) mass is 589 g/mol. The summed E-state index contributed by atoms with van der Waals surface area (Å²) in [6.07, 6.45) is 1.86. The van der Waals surface area contributed by atoms with Crippen molar-refractivity contribution in [1.29, 1.82) is 0 Å². The molecule has 2 aromatic rings. The van der Waals surface area contributed by atoms with Crippen LogP contribution in [0.25, 0.3) is 6.08 Å². The van der Waals surface area contributed by atoms with Gasteiger partial charge < -0.3 is 19.4 Å². The lowest BCUT2D eigenvalue weighted by Gasteiger charge is -2.16. The first-order valence-corrected chi connectivity index (χ1v) is 10.8. The summed E-state index contributed by atoms with van der Waals surface area (Å²) < 4.78 is 12.9. The molecule has 0 heterocycles. The fourth-order valence-electron chi connectivity index (χ4n) is 2.44. The lowest BCUT2D eigenvalue weighted by molar-refractivity contribution is -0.129. The van der Waals surface area contributed by atoms with E-state index in [9.17, 15) is 9.90 Å². The van der Waals surface area contributed by atoms with E-state index in [0.29, 0.717) is 27.1 Å². The van der Waals surface area contributed by atoms with Crippen LogP contribution >= 0.6 is 47.8 Å². The van der Waals surface area contributed by atoms with Gasteiger partial charge >= 0.3 is 5.97 Å². The van der Waals surface area contributed by atoms with Crippen LogP contribution in [-0.4, -0.2) is 30.5 Å². The number of carboxylic acids is 1. The predicted octanol–water partition coefficient (Wildman–Crippen LogP) is 5.95. The zero-order valence-electron chi connectivity index (χ0n) is 15.6. The number of carboxylic acid groups (broad SMARTS) is 1.